The number of hydrogen-bond acceptors (Lipinski definition) is 12. The van der Waals surface area contributed by atoms with Gasteiger partial charge in [-0.15, -0.1) is 0 Å². The summed E-state index contributed by atoms with van der Waals surface area (Å²) in [5.41, 5.74) is 21.6. The number of carbonyl (C=O) groups is 5. The van der Waals surface area contributed by atoms with E-state index in [4.69, 9.17) is 31.9 Å². The molecule has 0 aliphatic carbocycles. The summed E-state index contributed by atoms with van der Waals surface area (Å²) in [6.07, 6.45) is -0.0398. The zero-order chi connectivity index (χ0) is 49.2. The summed E-state index contributed by atoms with van der Waals surface area (Å²) in [6, 6.07) is 13.5. The molecule has 4 bridgehead atoms. The summed E-state index contributed by atoms with van der Waals surface area (Å²) in [4.78, 5) is 76.3. The number of aromatic nitrogens is 1. The number of benzene rings is 3. The third-order valence-electron chi connectivity index (χ3n) is 11.3. The second-order valence-electron chi connectivity index (χ2n) is 17.4. The number of hydrogen-bond donors (Lipinski definition) is 7. The molecule has 3 aromatic carbocycles. The van der Waals surface area contributed by atoms with Gasteiger partial charge in [-0.2, -0.15) is 5.26 Å². The first kappa shape index (κ1) is 51.1. The molecule has 18 heteroatoms. The maximum Gasteiger partial charge on any atom is 0.254 e. The van der Waals surface area contributed by atoms with Gasteiger partial charge in [0.1, 0.15) is 61.2 Å². The van der Waals surface area contributed by atoms with E-state index in [1.54, 1.807) is 62.4 Å². The molecule has 17 nitrogen and oxygen atoms in total. The number of amides is 5. The first-order valence-electron chi connectivity index (χ1n) is 22.1. The summed E-state index contributed by atoms with van der Waals surface area (Å²) in [5, 5.41) is 19.9. The molecule has 5 rings (SSSR count). The van der Waals surface area contributed by atoms with Gasteiger partial charge in [0.15, 0.2) is 0 Å². The molecule has 1 aliphatic rings. The molecule has 0 saturated carbocycles. The SMILES string of the molecule is Cc1cc(-c2ccc(C(C)(C)C)cc2F)nc(C)c1C(=O)N[C@@H](CCN)C(=O)N(C)[C@@H]1C(=O)N[C@@H](C)C(=O)N[C@H](C(=O)NCC#N)Cc2ccc(OCCN)c(c2)-c2cc1ccc2OCCN. The Morgan fingerprint density at radius 1 is 0.910 bits per heavy atom. The van der Waals surface area contributed by atoms with Crippen molar-refractivity contribution < 1.29 is 37.8 Å². The van der Waals surface area contributed by atoms with Crippen molar-refractivity contribution in [1.29, 1.82) is 5.26 Å². The van der Waals surface area contributed by atoms with Gasteiger partial charge in [0.25, 0.3) is 5.91 Å². The number of carbonyl (C=O) groups excluding carboxylic acids is 5. The van der Waals surface area contributed by atoms with Crippen LogP contribution in [-0.4, -0.2) is 104 Å². The maximum absolute atomic E-state index is 15.5. The maximum atomic E-state index is 15.5. The van der Waals surface area contributed by atoms with E-state index >= 15 is 4.39 Å². The van der Waals surface area contributed by atoms with Crippen molar-refractivity contribution in [3.05, 3.63) is 100.0 Å². The van der Waals surface area contributed by atoms with E-state index in [0.717, 1.165) is 10.5 Å². The quantitative estimate of drug-likeness (QED) is 0.0849. The highest BCUT2D eigenvalue weighted by Crippen LogP contribution is 2.40. The summed E-state index contributed by atoms with van der Waals surface area (Å²) in [5.74, 6) is -3.16. The van der Waals surface area contributed by atoms with Crippen molar-refractivity contribution in [3.63, 3.8) is 0 Å². The van der Waals surface area contributed by atoms with Gasteiger partial charge in [-0.3, -0.25) is 29.0 Å². The highest BCUT2D eigenvalue weighted by molar-refractivity contribution is 6.01. The van der Waals surface area contributed by atoms with Crippen LogP contribution in [0, 0.1) is 31.0 Å². The van der Waals surface area contributed by atoms with Crippen molar-refractivity contribution in [3.8, 4) is 40.0 Å². The lowest BCUT2D eigenvalue weighted by Gasteiger charge is -2.32. The average molecular weight is 921 g/mol. The number of nitrogens with zero attached hydrogens (tertiary/aromatic N) is 3. The molecule has 4 atom stereocenters. The third-order valence-corrected chi connectivity index (χ3v) is 11.3. The molecule has 0 fully saturated rings. The predicted octanol–water partition coefficient (Wildman–Crippen LogP) is 2.98. The summed E-state index contributed by atoms with van der Waals surface area (Å²) in [7, 11) is 1.40. The smallest absolute Gasteiger partial charge is 0.254 e. The first-order chi connectivity index (χ1) is 31.8. The van der Waals surface area contributed by atoms with Gasteiger partial charge in [-0.05, 0) is 104 Å². The van der Waals surface area contributed by atoms with Crippen LogP contribution in [0.2, 0.25) is 0 Å². The van der Waals surface area contributed by atoms with Crippen LogP contribution in [-0.2, 0) is 31.0 Å². The van der Waals surface area contributed by atoms with Gasteiger partial charge in [0.2, 0.25) is 23.6 Å². The fourth-order valence-electron chi connectivity index (χ4n) is 7.86. The molecule has 67 heavy (non-hydrogen) atoms. The highest BCUT2D eigenvalue weighted by Gasteiger charge is 2.36. The second-order valence-corrected chi connectivity index (χ2v) is 17.4. The lowest BCUT2D eigenvalue weighted by Crippen LogP contribution is -2.56. The fraction of sp³-hybridized carbons (Fsp3) is 0.408. The van der Waals surface area contributed by atoms with Gasteiger partial charge >= 0.3 is 0 Å². The molecule has 0 unspecified atom stereocenters. The van der Waals surface area contributed by atoms with Crippen LogP contribution in [0.25, 0.3) is 22.4 Å². The van der Waals surface area contributed by atoms with Gasteiger partial charge < -0.3 is 52.8 Å². The molecule has 0 saturated heterocycles. The predicted molar refractivity (Wildman–Crippen MR) is 251 cm³/mol. The Hall–Kier alpha value is -6.94. The average Bonchev–Trinajstić information content (AvgIpc) is 3.28. The zero-order valence-electron chi connectivity index (χ0n) is 39.0. The topological polar surface area (TPSA) is 270 Å². The van der Waals surface area contributed by atoms with Crippen LogP contribution in [0.4, 0.5) is 4.39 Å². The van der Waals surface area contributed by atoms with E-state index in [2.05, 4.69) is 26.3 Å². The number of aryl methyl sites for hydroxylation is 2. The number of nitrogens with one attached hydrogen (secondary N) is 4. The number of pyridine rings is 1. The van der Waals surface area contributed by atoms with Crippen LogP contribution in [0.5, 0.6) is 11.5 Å². The van der Waals surface area contributed by atoms with Crippen LogP contribution in [0.15, 0.2) is 60.7 Å². The number of likely N-dealkylation sites (N-methyl/N-ethyl adjacent to an activating group) is 1. The van der Waals surface area contributed by atoms with E-state index in [-0.39, 0.29) is 68.8 Å². The molecular formula is C49H61FN10O7. The number of nitriles is 1. The number of ether oxygens (including phenoxy) is 2. The molecule has 0 spiro atoms. The lowest BCUT2D eigenvalue weighted by molar-refractivity contribution is -0.141. The normalized spacial score (nSPS) is 16.6. The van der Waals surface area contributed by atoms with Crippen LogP contribution < -0.4 is 47.9 Å². The van der Waals surface area contributed by atoms with Gasteiger partial charge in [0, 0.05) is 43.2 Å². The Morgan fingerprint density at radius 2 is 1.57 bits per heavy atom. The standard InChI is InChI=1S/C49H61FN10O7/c1-27-22-38(33-11-10-32(26-36(33)50)49(4,5)6)56-28(2)42(27)46(63)58-37(14-15-51)48(65)60(7)43-31-9-13-41(67-21-18-54)35(25-31)34-23-30(8-12-40(34)66-20-17-53)24-39(45(62)55-19-16-52)59-44(61)29(3)57-47(43)64/h8-13,22-23,25-26,29,37,39,43H,14-15,17-21,24,51,53-54H2,1-7H3,(H,55,62)(H,57,64)(H,58,63)(H,59,61)/t29-,37-,39-,43-/m0/s1. The molecule has 2 heterocycles. The van der Waals surface area contributed by atoms with E-state index in [0.29, 0.717) is 50.7 Å². The largest absolute Gasteiger partial charge is 0.492 e. The zero-order valence-corrected chi connectivity index (χ0v) is 39.0. The van der Waals surface area contributed by atoms with E-state index in [9.17, 15) is 24.0 Å². The van der Waals surface area contributed by atoms with Gasteiger partial charge in [-0.25, -0.2) is 4.39 Å². The number of fused-ring (bicyclic) bond motifs is 5. The van der Waals surface area contributed by atoms with Gasteiger partial charge in [-0.1, -0.05) is 39.0 Å². The monoisotopic (exact) mass is 920 g/mol. The Kier molecular flexibility index (Phi) is 17.1. The van der Waals surface area contributed by atoms with Crippen molar-refractivity contribution in [2.75, 3.05) is 46.4 Å². The summed E-state index contributed by atoms with van der Waals surface area (Å²) in [6.45, 7) is 11.0. The minimum Gasteiger partial charge on any atom is -0.492 e. The number of halogens is 1. The molecular weight excluding hydrogens is 860 g/mol. The fourth-order valence-corrected chi connectivity index (χ4v) is 7.86. The third kappa shape index (κ3) is 12.3. The lowest BCUT2D eigenvalue weighted by atomic mass is 9.86. The van der Waals surface area contributed by atoms with Crippen LogP contribution >= 0.6 is 0 Å². The molecule has 1 aliphatic heterocycles. The van der Waals surface area contributed by atoms with E-state index in [1.807, 2.05) is 32.9 Å². The minimum atomic E-state index is -1.43. The Balaban J connectivity index is 1.58. The van der Waals surface area contributed by atoms with E-state index < -0.39 is 59.5 Å². The minimum absolute atomic E-state index is 0.0100. The number of nitrogens with two attached hydrogens (primary N) is 3. The molecule has 5 amide bonds. The van der Waals surface area contributed by atoms with Crippen molar-refractivity contribution >= 4 is 29.5 Å². The Labute approximate surface area is 390 Å². The highest BCUT2D eigenvalue weighted by atomic mass is 19.1. The van der Waals surface area contributed by atoms with Crippen molar-refractivity contribution in [2.45, 2.75) is 84.0 Å². The molecule has 4 aromatic rings. The molecule has 0 radical (unpaired) electrons. The summed E-state index contributed by atoms with van der Waals surface area (Å²) >= 11 is 0. The van der Waals surface area contributed by atoms with Crippen LogP contribution in [0.1, 0.15) is 78.5 Å². The summed E-state index contributed by atoms with van der Waals surface area (Å²) < 4.78 is 27.6. The van der Waals surface area contributed by atoms with Crippen molar-refractivity contribution in [1.82, 2.24) is 31.2 Å². The second kappa shape index (κ2) is 22.5. The van der Waals surface area contributed by atoms with Gasteiger partial charge in [0.05, 0.1) is 23.0 Å². The van der Waals surface area contributed by atoms with E-state index in [1.165, 1.54) is 20.0 Å². The van der Waals surface area contributed by atoms with Crippen LogP contribution in [0.3, 0.4) is 0 Å². The number of rotatable bonds is 15. The molecule has 10 N–H and O–H groups in total. The molecule has 1 aromatic heterocycles. The Morgan fingerprint density at radius 3 is 2.16 bits per heavy atom. The Bertz CT molecular complexity index is 2520. The molecule has 356 valence electrons. The first-order valence-corrected chi connectivity index (χ1v) is 22.1. The van der Waals surface area contributed by atoms with Crippen molar-refractivity contribution in [2.24, 2.45) is 17.2 Å².